The number of hydrogen-bond donors (Lipinski definition) is 1. The molecule has 4 aromatic rings. The number of alkyl halides is 3. The summed E-state index contributed by atoms with van der Waals surface area (Å²) in [5, 5.41) is 2.88. The Morgan fingerprint density at radius 2 is 1.60 bits per heavy atom. The quantitative estimate of drug-likeness (QED) is 0.120. The van der Waals surface area contributed by atoms with Gasteiger partial charge in [0.15, 0.2) is 5.17 Å². The molecule has 0 radical (unpaired) electrons. The largest absolute Gasteiger partial charge is 1.00 e. The van der Waals surface area contributed by atoms with Gasteiger partial charge >= 0.3 is 35.7 Å². The second-order valence-electron chi connectivity index (χ2n) is 9.77. The minimum atomic E-state index is -4.64. The third-order valence-electron chi connectivity index (χ3n) is 6.59. The van der Waals surface area contributed by atoms with Crippen LogP contribution in [-0.4, -0.2) is 31.7 Å². The Morgan fingerprint density at radius 1 is 0.957 bits per heavy atom. The van der Waals surface area contributed by atoms with Crippen molar-refractivity contribution in [1.82, 2.24) is 5.32 Å². The average Bonchev–Trinajstić information content (AvgIpc) is 3.36. The third kappa shape index (κ3) is 9.36. The van der Waals surface area contributed by atoms with Crippen LogP contribution in [0.5, 0.6) is 0 Å². The average molecular weight is 708 g/mol. The number of carbonyl (C=O) groups excluding carboxylic acids is 2. The second-order valence-corrected chi connectivity index (χ2v) is 13.3. The van der Waals surface area contributed by atoms with Crippen LogP contribution in [0.2, 0.25) is 0 Å². The Kier molecular flexibility index (Phi) is 11.8. The molecule has 4 aromatic carbocycles. The summed E-state index contributed by atoms with van der Waals surface area (Å²) in [6, 6.07) is 21.3. The van der Waals surface area contributed by atoms with Crippen molar-refractivity contribution in [1.29, 1.82) is 0 Å². The summed E-state index contributed by atoms with van der Waals surface area (Å²) in [7, 11) is -4.51. The maximum Gasteiger partial charge on any atom is 1.00 e. The summed E-state index contributed by atoms with van der Waals surface area (Å²) >= 11 is 2.64. The van der Waals surface area contributed by atoms with Gasteiger partial charge in [0.2, 0.25) is 0 Å². The second kappa shape index (κ2) is 15.2. The van der Waals surface area contributed by atoms with Crippen molar-refractivity contribution in [2.75, 3.05) is 6.26 Å². The van der Waals surface area contributed by atoms with Crippen molar-refractivity contribution in [3.63, 3.8) is 0 Å². The van der Waals surface area contributed by atoms with Crippen LogP contribution < -0.4 is 34.9 Å². The van der Waals surface area contributed by atoms with E-state index in [0.29, 0.717) is 28.9 Å². The summed E-state index contributed by atoms with van der Waals surface area (Å²) in [4.78, 5) is 30.0. The van der Waals surface area contributed by atoms with Crippen molar-refractivity contribution in [3.05, 3.63) is 123 Å². The number of amides is 2. The van der Waals surface area contributed by atoms with E-state index < -0.39 is 44.3 Å². The standard InChI is InChI=1S/C32H23F4N3O4S3.Na/c1-44-25-12-6-20(7-13-25)21-4-5-22(27(33)17-21)18-28-30(41)38-31(45-28)37-24-10-2-19(3-11-24)16-29(40)39-46(42,43)26-14-8-23(9-15-26)32(34,35)36;/h2-15,17-18H,16H2,1H3,(H2,37,38,39,40,41);/q;+1/p-1. The number of benzene rings is 4. The smallest absolute Gasteiger partial charge is 0.541 e. The van der Waals surface area contributed by atoms with Crippen LogP contribution in [0, 0.1) is 5.82 Å². The molecule has 236 valence electrons. The van der Waals surface area contributed by atoms with Crippen molar-refractivity contribution >= 4 is 62.3 Å². The van der Waals surface area contributed by atoms with Gasteiger partial charge in [-0.15, -0.1) is 11.8 Å². The molecular weight excluding hydrogens is 686 g/mol. The first-order valence-electron chi connectivity index (χ1n) is 13.3. The van der Waals surface area contributed by atoms with Crippen LogP contribution in [0.1, 0.15) is 16.7 Å². The molecule has 1 heterocycles. The number of carbonyl (C=O) groups is 2. The minimum absolute atomic E-state index is 0. The van der Waals surface area contributed by atoms with Crippen molar-refractivity contribution < 1.29 is 65.1 Å². The summed E-state index contributed by atoms with van der Waals surface area (Å²) in [5.41, 5.74) is 1.60. The molecule has 47 heavy (non-hydrogen) atoms. The molecule has 0 unspecified atom stereocenters. The number of aliphatic imine (C=N–C) groups is 1. The molecule has 5 rings (SSSR count). The Hall–Kier alpha value is -3.40. The minimum Gasteiger partial charge on any atom is -0.541 e. The Balaban J connectivity index is 0.00000500. The molecule has 0 atom stereocenters. The van der Waals surface area contributed by atoms with E-state index in [9.17, 15) is 35.6 Å². The van der Waals surface area contributed by atoms with E-state index in [4.69, 9.17) is 0 Å². The third-order valence-corrected chi connectivity index (χ3v) is 9.55. The molecule has 0 spiro atoms. The van der Waals surface area contributed by atoms with Gasteiger partial charge in [-0.3, -0.25) is 4.79 Å². The summed E-state index contributed by atoms with van der Waals surface area (Å²) in [6.45, 7) is 0. The number of thioether (sulfide) groups is 2. The molecule has 0 bridgehead atoms. The van der Waals surface area contributed by atoms with Gasteiger partial charge in [-0.25, -0.2) is 17.8 Å². The molecule has 2 amide bonds. The van der Waals surface area contributed by atoms with Crippen LogP contribution in [0.15, 0.2) is 111 Å². The fourth-order valence-electron chi connectivity index (χ4n) is 4.24. The van der Waals surface area contributed by atoms with Gasteiger partial charge in [-0.2, -0.15) is 13.2 Å². The predicted octanol–water partition coefficient (Wildman–Crippen LogP) is 4.96. The summed E-state index contributed by atoms with van der Waals surface area (Å²) in [5.74, 6) is -1.94. The number of sulfonamides is 1. The molecule has 1 aliphatic rings. The number of nitrogens with one attached hydrogen (secondary N) is 1. The van der Waals surface area contributed by atoms with Gasteiger partial charge in [-0.05, 0) is 95.4 Å². The topological polar surface area (TPSA) is 107 Å². The maximum atomic E-state index is 14.9. The van der Waals surface area contributed by atoms with Gasteiger partial charge in [0.25, 0.3) is 5.91 Å². The SMILES string of the molecule is CSc1ccc(-c2ccc(C=C3SC(=Nc4ccc(CC(=O)[N-]S(=O)(=O)c5ccc(C(F)(F)F)cc5)cc4)NC3=O)c(F)c2)cc1.[Na+]. The van der Waals surface area contributed by atoms with E-state index in [1.165, 1.54) is 24.3 Å². The van der Waals surface area contributed by atoms with Crippen LogP contribution >= 0.6 is 23.5 Å². The molecule has 1 fully saturated rings. The van der Waals surface area contributed by atoms with E-state index in [0.717, 1.165) is 34.4 Å². The van der Waals surface area contributed by atoms with Gasteiger partial charge in [0.05, 0.1) is 27.0 Å². The van der Waals surface area contributed by atoms with Crippen LogP contribution in [-0.2, 0) is 32.2 Å². The monoisotopic (exact) mass is 707 g/mol. The summed E-state index contributed by atoms with van der Waals surface area (Å²) < 4.78 is 81.1. The van der Waals surface area contributed by atoms with E-state index in [-0.39, 0.29) is 51.6 Å². The van der Waals surface area contributed by atoms with Gasteiger partial charge < -0.3 is 14.8 Å². The van der Waals surface area contributed by atoms with Crippen molar-refractivity contribution in [3.8, 4) is 11.1 Å². The van der Waals surface area contributed by atoms with Gasteiger partial charge in [0.1, 0.15) is 15.8 Å². The molecule has 1 aliphatic heterocycles. The number of amidine groups is 1. The van der Waals surface area contributed by atoms with Crippen molar-refractivity contribution in [2.45, 2.75) is 22.4 Å². The molecule has 1 saturated heterocycles. The number of halogens is 4. The van der Waals surface area contributed by atoms with Crippen LogP contribution in [0.25, 0.3) is 21.9 Å². The first kappa shape index (κ1) is 36.4. The van der Waals surface area contributed by atoms with Crippen LogP contribution in [0.4, 0.5) is 23.2 Å². The zero-order valence-corrected chi connectivity index (χ0v) is 29.2. The Labute approximate surface area is 298 Å². The molecule has 15 heteroatoms. The van der Waals surface area contributed by atoms with Crippen molar-refractivity contribution in [2.24, 2.45) is 4.99 Å². The first-order chi connectivity index (χ1) is 21.8. The first-order valence-corrected chi connectivity index (χ1v) is 16.8. The molecule has 7 nitrogen and oxygen atoms in total. The summed E-state index contributed by atoms with van der Waals surface area (Å²) in [6.07, 6.45) is -1.61. The number of hydrogen-bond acceptors (Lipinski definition) is 7. The van der Waals surface area contributed by atoms with Gasteiger partial charge in [0, 0.05) is 16.9 Å². The predicted molar refractivity (Wildman–Crippen MR) is 172 cm³/mol. The molecular formula is C32H22F4N3NaO4S3. The van der Waals surface area contributed by atoms with E-state index in [1.807, 2.05) is 30.5 Å². The normalized spacial score (nSPS) is 15.0. The van der Waals surface area contributed by atoms with E-state index in [2.05, 4.69) is 15.0 Å². The van der Waals surface area contributed by atoms with E-state index >= 15 is 0 Å². The molecule has 0 aromatic heterocycles. The Bertz CT molecular complexity index is 1970. The fraction of sp³-hybridized carbons (Fsp3) is 0.0938. The fourth-order valence-corrected chi connectivity index (χ4v) is 6.40. The van der Waals surface area contributed by atoms with E-state index in [1.54, 1.807) is 36.0 Å². The zero-order chi connectivity index (χ0) is 33.1. The molecule has 0 aliphatic carbocycles. The van der Waals surface area contributed by atoms with Gasteiger partial charge in [-0.1, -0.05) is 36.4 Å². The Morgan fingerprint density at radius 3 is 2.19 bits per heavy atom. The van der Waals surface area contributed by atoms with Crippen LogP contribution in [0.3, 0.4) is 0 Å². The molecule has 0 saturated carbocycles. The zero-order valence-electron chi connectivity index (χ0n) is 24.7. The molecule has 1 N–H and O–H groups in total. The number of nitrogens with zero attached hydrogens (tertiary/aromatic N) is 2. The number of rotatable bonds is 8. The maximum absolute atomic E-state index is 14.9.